The van der Waals surface area contributed by atoms with Gasteiger partial charge in [-0.05, 0) is 50.9 Å². The molecule has 19 heavy (non-hydrogen) atoms. The molecule has 1 aromatic rings. The van der Waals surface area contributed by atoms with Crippen LogP contribution in [0.4, 0.5) is 0 Å². The second kappa shape index (κ2) is 8.91. The first-order valence-electron chi connectivity index (χ1n) is 6.98. The van der Waals surface area contributed by atoms with Gasteiger partial charge in [-0.1, -0.05) is 12.1 Å². The van der Waals surface area contributed by atoms with E-state index in [2.05, 4.69) is 11.4 Å². The van der Waals surface area contributed by atoms with Gasteiger partial charge in [-0.3, -0.25) is 0 Å². The second-order valence-corrected chi connectivity index (χ2v) is 4.91. The Morgan fingerprint density at radius 1 is 1.32 bits per heavy atom. The van der Waals surface area contributed by atoms with Crippen LogP contribution in [0.25, 0.3) is 0 Å². The van der Waals surface area contributed by atoms with Crippen molar-refractivity contribution in [3.63, 3.8) is 0 Å². The zero-order valence-corrected chi connectivity index (χ0v) is 11.9. The Morgan fingerprint density at radius 2 is 2.11 bits per heavy atom. The van der Waals surface area contributed by atoms with E-state index in [0.717, 1.165) is 30.7 Å². The van der Waals surface area contributed by atoms with Crippen LogP contribution in [0.15, 0.2) is 24.3 Å². The molecule has 0 heterocycles. The van der Waals surface area contributed by atoms with Gasteiger partial charge in [0.05, 0.1) is 6.10 Å². The lowest BCUT2D eigenvalue weighted by Gasteiger charge is -2.18. The molecule has 0 saturated heterocycles. The van der Waals surface area contributed by atoms with E-state index in [1.807, 2.05) is 32.0 Å². The summed E-state index contributed by atoms with van der Waals surface area (Å²) in [6.45, 7) is 5.68. The largest absolute Gasteiger partial charge is 0.491 e. The quantitative estimate of drug-likeness (QED) is 0.597. The van der Waals surface area contributed by atoms with Crippen molar-refractivity contribution in [2.24, 2.45) is 5.73 Å². The van der Waals surface area contributed by atoms with Crippen molar-refractivity contribution in [2.75, 3.05) is 19.7 Å². The van der Waals surface area contributed by atoms with Crippen molar-refractivity contribution >= 4 is 0 Å². The van der Waals surface area contributed by atoms with Crippen LogP contribution in [0.2, 0.25) is 0 Å². The lowest BCUT2D eigenvalue weighted by molar-refractivity contribution is 0.242. The van der Waals surface area contributed by atoms with Crippen molar-refractivity contribution in [2.45, 2.75) is 38.8 Å². The lowest BCUT2D eigenvalue weighted by Crippen LogP contribution is -2.29. The highest BCUT2D eigenvalue weighted by Crippen LogP contribution is 2.19. The fourth-order valence-electron chi connectivity index (χ4n) is 1.93. The molecule has 0 aliphatic carbocycles. The van der Waals surface area contributed by atoms with Crippen molar-refractivity contribution < 1.29 is 9.84 Å². The smallest absolute Gasteiger partial charge is 0.120 e. The van der Waals surface area contributed by atoms with Crippen LogP contribution in [-0.2, 0) is 0 Å². The van der Waals surface area contributed by atoms with Crippen LogP contribution in [0.3, 0.4) is 0 Å². The summed E-state index contributed by atoms with van der Waals surface area (Å²) in [5.74, 6) is 0.878. The highest BCUT2D eigenvalue weighted by molar-refractivity contribution is 5.31. The van der Waals surface area contributed by atoms with Crippen LogP contribution < -0.4 is 15.8 Å². The molecule has 1 atom stereocenters. The van der Waals surface area contributed by atoms with Crippen molar-refractivity contribution in [3.8, 4) is 5.75 Å². The number of aliphatic hydroxyl groups is 1. The van der Waals surface area contributed by atoms with Gasteiger partial charge in [0.15, 0.2) is 0 Å². The number of rotatable bonds is 9. The predicted octanol–water partition coefficient (Wildman–Crippen LogP) is 1.84. The van der Waals surface area contributed by atoms with Crippen LogP contribution >= 0.6 is 0 Å². The van der Waals surface area contributed by atoms with Gasteiger partial charge in [-0.2, -0.15) is 0 Å². The SMILES string of the molecule is CC(C)Oc1cccc(C(CN)NCCCCO)c1. The highest BCUT2D eigenvalue weighted by Gasteiger charge is 2.09. The van der Waals surface area contributed by atoms with Crippen LogP contribution in [0.5, 0.6) is 5.75 Å². The molecule has 0 saturated carbocycles. The number of aliphatic hydroxyl groups excluding tert-OH is 1. The molecule has 0 amide bonds. The number of hydrogen-bond acceptors (Lipinski definition) is 4. The van der Waals surface area contributed by atoms with Gasteiger partial charge < -0.3 is 20.9 Å². The molecule has 0 radical (unpaired) electrons. The van der Waals surface area contributed by atoms with Crippen LogP contribution in [-0.4, -0.2) is 30.9 Å². The van der Waals surface area contributed by atoms with Crippen molar-refractivity contribution in [3.05, 3.63) is 29.8 Å². The van der Waals surface area contributed by atoms with E-state index in [4.69, 9.17) is 15.6 Å². The summed E-state index contributed by atoms with van der Waals surface area (Å²) in [5, 5.41) is 12.2. The molecule has 0 aliphatic rings. The van der Waals surface area contributed by atoms with E-state index < -0.39 is 0 Å². The molecule has 108 valence electrons. The molecule has 4 nitrogen and oxygen atoms in total. The van der Waals surface area contributed by atoms with Gasteiger partial charge in [0.25, 0.3) is 0 Å². The number of benzene rings is 1. The zero-order chi connectivity index (χ0) is 14.1. The molecule has 0 fully saturated rings. The first kappa shape index (κ1) is 16.0. The van der Waals surface area contributed by atoms with E-state index in [1.165, 1.54) is 0 Å². The number of unbranched alkanes of at least 4 members (excludes halogenated alkanes) is 1. The summed E-state index contributed by atoms with van der Waals surface area (Å²) in [5.41, 5.74) is 6.96. The molecule has 0 aromatic heterocycles. The minimum Gasteiger partial charge on any atom is -0.491 e. The fourth-order valence-corrected chi connectivity index (χ4v) is 1.93. The Hall–Kier alpha value is -1.10. The van der Waals surface area contributed by atoms with E-state index in [0.29, 0.717) is 6.54 Å². The van der Waals surface area contributed by atoms with Gasteiger partial charge >= 0.3 is 0 Å². The molecule has 1 aromatic carbocycles. The maximum atomic E-state index is 8.76. The maximum absolute atomic E-state index is 8.76. The average molecular weight is 266 g/mol. The first-order valence-corrected chi connectivity index (χ1v) is 6.98. The monoisotopic (exact) mass is 266 g/mol. The fraction of sp³-hybridized carbons (Fsp3) is 0.600. The summed E-state index contributed by atoms with van der Waals surface area (Å²) in [7, 11) is 0. The first-order chi connectivity index (χ1) is 9.17. The average Bonchev–Trinajstić information content (AvgIpc) is 2.38. The Bertz CT molecular complexity index is 356. The Labute approximate surface area is 116 Å². The van der Waals surface area contributed by atoms with E-state index in [9.17, 15) is 0 Å². The third-order valence-electron chi connectivity index (χ3n) is 2.84. The van der Waals surface area contributed by atoms with Crippen LogP contribution in [0.1, 0.15) is 38.3 Å². The van der Waals surface area contributed by atoms with Crippen LogP contribution in [0, 0.1) is 0 Å². The molecule has 1 unspecified atom stereocenters. The van der Waals surface area contributed by atoms with Gasteiger partial charge in [-0.25, -0.2) is 0 Å². The zero-order valence-electron chi connectivity index (χ0n) is 11.9. The number of hydrogen-bond donors (Lipinski definition) is 3. The van der Waals surface area contributed by atoms with Crippen molar-refractivity contribution in [1.82, 2.24) is 5.32 Å². The third kappa shape index (κ3) is 6.05. The van der Waals surface area contributed by atoms with E-state index >= 15 is 0 Å². The van der Waals surface area contributed by atoms with Gasteiger partial charge in [0.2, 0.25) is 0 Å². The Balaban J connectivity index is 2.59. The molecular formula is C15H26N2O2. The highest BCUT2D eigenvalue weighted by atomic mass is 16.5. The Kier molecular flexibility index (Phi) is 7.48. The van der Waals surface area contributed by atoms with Crippen molar-refractivity contribution in [1.29, 1.82) is 0 Å². The molecule has 0 aliphatic heterocycles. The number of ether oxygens (including phenoxy) is 1. The summed E-state index contributed by atoms with van der Waals surface area (Å²) in [6.07, 6.45) is 1.94. The molecule has 0 spiro atoms. The molecular weight excluding hydrogens is 240 g/mol. The predicted molar refractivity (Wildman–Crippen MR) is 78.3 cm³/mol. The van der Waals surface area contributed by atoms with Gasteiger partial charge in [0.1, 0.15) is 5.75 Å². The molecule has 4 N–H and O–H groups in total. The normalized spacial score (nSPS) is 12.7. The van der Waals surface area contributed by atoms with E-state index in [1.54, 1.807) is 0 Å². The molecule has 4 heteroatoms. The maximum Gasteiger partial charge on any atom is 0.120 e. The minimum atomic E-state index is 0.134. The third-order valence-corrected chi connectivity index (χ3v) is 2.84. The summed E-state index contributed by atoms with van der Waals surface area (Å²) >= 11 is 0. The number of nitrogens with one attached hydrogen (secondary N) is 1. The standard InChI is InChI=1S/C15H26N2O2/c1-12(2)19-14-7-5-6-13(10-14)15(11-16)17-8-3-4-9-18/h5-7,10,12,15,17-18H,3-4,8-9,11,16H2,1-2H3. The molecule has 1 rings (SSSR count). The minimum absolute atomic E-state index is 0.134. The number of nitrogens with two attached hydrogens (primary N) is 1. The molecule has 0 bridgehead atoms. The summed E-state index contributed by atoms with van der Waals surface area (Å²) in [6, 6.07) is 8.18. The second-order valence-electron chi connectivity index (χ2n) is 4.91. The van der Waals surface area contributed by atoms with E-state index in [-0.39, 0.29) is 18.8 Å². The van der Waals surface area contributed by atoms with Gasteiger partial charge in [-0.15, -0.1) is 0 Å². The Morgan fingerprint density at radius 3 is 2.74 bits per heavy atom. The lowest BCUT2D eigenvalue weighted by atomic mass is 10.1. The topological polar surface area (TPSA) is 67.5 Å². The summed E-state index contributed by atoms with van der Waals surface area (Å²) < 4.78 is 5.69. The van der Waals surface area contributed by atoms with Gasteiger partial charge in [0, 0.05) is 19.2 Å². The summed E-state index contributed by atoms with van der Waals surface area (Å²) in [4.78, 5) is 0.